The number of carbonyl (C=O) groups is 1. The molecule has 0 saturated carbocycles. The third-order valence-electron chi connectivity index (χ3n) is 3.43. The zero-order chi connectivity index (χ0) is 19.7. The Morgan fingerprint density at radius 3 is 2.50 bits per heavy atom. The first-order chi connectivity index (χ1) is 12.9. The zero-order valence-electron chi connectivity index (χ0n) is 15.5. The molecular formula is C18H25N2O7P. The Labute approximate surface area is 163 Å². The van der Waals surface area contributed by atoms with Crippen LogP contribution in [0.2, 0.25) is 0 Å². The third-order valence-corrected chi connectivity index (χ3v) is 4.44. The molecule has 0 fully saturated rings. The number of aromatic hydroxyl groups is 1. The summed E-state index contributed by atoms with van der Waals surface area (Å²) < 4.78 is 26.0. The van der Waals surface area contributed by atoms with Crippen molar-refractivity contribution in [2.75, 3.05) is 13.2 Å². The number of rotatable bonds is 9. The van der Waals surface area contributed by atoms with Crippen molar-refractivity contribution in [1.82, 2.24) is 11.5 Å². The SMILES string of the molecule is CCOP(=O)(O)Oc1ccc(CCNC(=O)OCc2ccccc2)cc1O.N. The molecule has 10 heteroatoms. The van der Waals surface area contributed by atoms with Gasteiger partial charge in [-0.2, -0.15) is 0 Å². The monoisotopic (exact) mass is 412 g/mol. The molecule has 2 rings (SSSR count). The van der Waals surface area contributed by atoms with E-state index in [1.165, 1.54) is 12.1 Å². The van der Waals surface area contributed by atoms with E-state index < -0.39 is 13.9 Å². The molecule has 0 aliphatic rings. The normalized spacial score (nSPS) is 12.4. The molecule has 6 N–H and O–H groups in total. The maximum atomic E-state index is 11.7. The molecule has 0 spiro atoms. The highest BCUT2D eigenvalue weighted by Crippen LogP contribution is 2.46. The topological polar surface area (TPSA) is 149 Å². The van der Waals surface area contributed by atoms with Gasteiger partial charge >= 0.3 is 13.9 Å². The molecule has 9 nitrogen and oxygen atoms in total. The average Bonchev–Trinajstić information content (AvgIpc) is 2.63. The van der Waals surface area contributed by atoms with E-state index in [1.54, 1.807) is 13.0 Å². The maximum Gasteiger partial charge on any atom is 0.527 e. The minimum absolute atomic E-state index is 0. The first-order valence-corrected chi connectivity index (χ1v) is 9.82. The Kier molecular flexibility index (Phi) is 9.47. The molecule has 28 heavy (non-hydrogen) atoms. The van der Waals surface area contributed by atoms with Crippen molar-refractivity contribution < 1.29 is 33.1 Å². The van der Waals surface area contributed by atoms with Gasteiger partial charge in [-0.15, -0.1) is 0 Å². The summed E-state index contributed by atoms with van der Waals surface area (Å²) in [6.45, 7) is 2.02. The van der Waals surface area contributed by atoms with Crippen molar-refractivity contribution in [1.29, 1.82) is 0 Å². The predicted octanol–water partition coefficient (Wildman–Crippen LogP) is 3.54. The lowest BCUT2D eigenvalue weighted by atomic mass is 10.1. The smallest absolute Gasteiger partial charge is 0.504 e. The van der Waals surface area contributed by atoms with E-state index in [0.29, 0.717) is 18.5 Å². The Morgan fingerprint density at radius 1 is 1.14 bits per heavy atom. The van der Waals surface area contributed by atoms with Crippen LogP contribution < -0.4 is 16.0 Å². The fourth-order valence-corrected chi connectivity index (χ4v) is 2.97. The van der Waals surface area contributed by atoms with Gasteiger partial charge in [-0.05, 0) is 36.6 Å². The summed E-state index contributed by atoms with van der Waals surface area (Å²) in [7, 11) is -4.26. The quantitative estimate of drug-likeness (QED) is 0.457. The van der Waals surface area contributed by atoms with E-state index in [2.05, 4.69) is 9.84 Å². The molecule has 1 amide bonds. The van der Waals surface area contributed by atoms with E-state index in [9.17, 15) is 19.4 Å². The minimum Gasteiger partial charge on any atom is -0.504 e. The molecule has 0 bridgehead atoms. The first-order valence-electron chi connectivity index (χ1n) is 8.33. The van der Waals surface area contributed by atoms with Crippen molar-refractivity contribution in [2.24, 2.45) is 0 Å². The number of hydrogen-bond acceptors (Lipinski definition) is 7. The number of phosphoric acid groups is 1. The number of nitrogens with one attached hydrogen (secondary N) is 1. The molecule has 0 saturated heterocycles. The van der Waals surface area contributed by atoms with Gasteiger partial charge in [0.2, 0.25) is 0 Å². The lowest BCUT2D eigenvalue weighted by Gasteiger charge is -2.13. The second-order valence-corrected chi connectivity index (χ2v) is 6.90. The van der Waals surface area contributed by atoms with Crippen LogP contribution in [-0.2, 0) is 26.9 Å². The van der Waals surface area contributed by atoms with Crippen molar-refractivity contribution in [3.8, 4) is 11.5 Å². The number of phenols is 1. The summed E-state index contributed by atoms with van der Waals surface area (Å²) >= 11 is 0. The van der Waals surface area contributed by atoms with E-state index in [4.69, 9.17) is 9.26 Å². The zero-order valence-corrected chi connectivity index (χ0v) is 16.4. The van der Waals surface area contributed by atoms with Gasteiger partial charge in [-0.3, -0.25) is 9.42 Å². The number of carbonyl (C=O) groups excluding carboxylic acids is 1. The molecule has 0 aliphatic carbocycles. The summed E-state index contributed by atoms with van der Waals surface area (Å²) in [5, 5.41) is 12.5. The molecular weight excluding hydrogens is 387 g/mol. The number of alkyl carbamates (subject to hydrolysis) is 1. The summed E-state index contributed by atoms with van der Waals surface area (Å²) in [6.07, 6.45) is -0.114. The molecule has 1 atom stereocenters. The number of hydrogen-bond donors (Lipinski definition) is 4. The van der Waals surface area contributed by atoms with E-state index in [-0.39, 0.29) is 30.9 Å². The first kappa shape index (κ1) is 23.5. The molecule has 0 aromatic heterocycles. The summed E-state index contributed by atoms with van der Waals surface area (Å²) in [6, 6.07) is 13.7. The Hall–Kier alpha value is -2.58. The van der Waals surface area contributed by atoms with E-state index in [0.717, 1.165) is 5.56 Å². The molecule has 2 aromatic rings. The van der Waals surface area contributed by atoms with Crippen molar-refractivity contribution in [2.45, 2.75) is 20.0 Å². The Balaban J connectivity index is 0.00000392. The second kappa shape index (κ2) is 11.3. The number of ether oxygens (including phenoxy) is 1. The van der Waals surface area contributed by atoms with Crippen LogP contribution in [0.5, 0.6) is 11.5 Å². The van der Waals surface area contributed by atoms with Gasteiger partial charge in [-0.25, -0.2) is 9.36 Å². The van der Waals surface area contributed by atoms with Crippen LogP contribution in [0.3, 0.4) is 0 Å². The highest BCUT2D eigenvalue weighted by atomic mass is 31.2. The van der Waals surface area contributed by atoms with Gasteiger partial charge in [0.1, 0.15) is 6.61 Å². The summed E-state index contributed by atoms with van der Waals surface area (Å²) in [5.74, 6) is -0.457. The standard InChI is InChI=1S/C18H22NO7P.H3N/c1-2-25-27(22,23)26-17-9-8-14(12-16(17)20)10-11-19-18(21)24-13-15-6-4-3-5-7-15;/h3-9,12,20H,2,10-11,13H2,1H3,(H,19,21)(H,22,23);1H3. The number of phenolic OH excluding ortho intramolecular Hbond substituents is 1. The maximum absolute atomic E-state index is 11.7. The second-order valence-electron chi connectivity index (χ2n) is 5.52. The van der Waals surface area contributed by atoms with E-state index >= 15 is 0 Å². The van der Waals surface area contributed by atoms with Crippen LogP contribution in [-0.4, -0.2) is 29.2 Å². The predicted molar refractivity (Wildman–Crippen MR) is 104 cm³/mol. The number of benzene rings is 2. The molecule has 0 aliphatic heterocycles. The number of phosphoric ester groups is 1. The van der Waals surface area contributed by atoms with Gasteiger partial charge in [-0.1, -0.05) is 36.4 Å². The lowest BCUT2D eigenvalue weighted by molar-refractivity contribution is 0.140. The Morgan fingerprint density at radius 2 is 1.86 bits per heavy atom. The molecule has 154 valence electrons. The Bertz CT molecular complexity index is 802. The van der Waals surface area contributed by atoms with Crippen molar-refractivity contribution >= 4 is 13.9 Å². The van der Waals surface area contributed by atoms with Crippen molar-refractivity contribution in [3.63, 3.8) is 0 Å². The number of amides is 1. The van der Waals surface area contributed by atoms with Crippen LogP contribution in [0, 0.1) is 0 Å². The lowest BCUT2D eigenvalue weighted by Crippen LogP contribution is -2.26. The van der Waals surface area contributed by atoms with Crippen LogP contribution in [0.15, 0.2) is 48.5 Å². The van der Waals surface area contributed by atoms with Crippen LogP contribution in [0.25, 0.3) is 0 Å². The average molecular weight is 412 g/mol. The highest BCUT2D eigenvalue weighted by Gasteiger charge is 2.23. The summed E-state index contributed by atoms with van der Waals surface area (Å²) in [4.78, 5) is 21.1. The largest absolute Gasteiger partial charge is 0.527 e. The van der Waals surface area contributed by atoms with Gasteiger partial charge in [0.15, 0.2) is 11.5 Å². The molecule has 0 radical (unpaired) electrons. The molecule has 1 unspecified atom stereocenters. The van der Waals surface area contributed by atoms with Crippen LogP contribution >= 0.6 is 7.82 Å². The van der Waals surface area contributed by atoms with Gasteiger partial charge < -0.3 is 25.8 Å². The van der Waals surface area contributed by atoms with Gasteiger partial charge in [0.05, 0.1) is 6.61 Å². The fraction of sp³-hybridized carbons (Fsp3) is 0.278. The van der Waals surface area contributed by atoms with E-state index in [1.807, 2.05) is 30.3 Å². The van der Waals surface area contributed by atoms with Gasteiger partial charge in [0, 0.05) is 6.54 Å². The van der Waals surface area contributed by atoms with Gasteiger partial charge in [0.25, 0.3) is 0 Å². The summed E-state index contributed by atoms with van der Waals surface area (Å²) in [5.41, 5.74) is 1.59. The van der Waals surface area contributed by atoms with Crippen LogP contribution in [0.4, 0.5) is 4.79 Å². The van der Waals surface area contributed by atoms with Crippen molar-refractivity contribution in [3.05, 3.63) is 59.7 Å². The molecule has 0 heterocycles. The minimum atomic E-state index is -4.26. The highest BCUT2D eigenvalue weighted by molar-refractivity contribution is 7.47. The fourth-order valence-electron chi connectivity index (χ4n) is 2.19. The molecule has 2 aromatic carbocycles. The van der Waals surface area contributed by atoms with Crippen LogP contribution in [0.1, 0.15) is 18.1 Å². The third kappa shape index (κ3) is 7.98.